The zero-order chi connectivity index (χ0) is 15.7. The zero-order valence-electron chi connectivity index (χ0n) is 12.7. The lowest BCUT2D eigenvalue weighted by Crippen LogP contribution is -2.43. The van der Waals surface area contributed by atoms with Gasteiger partial charge in [0.2, 0.25) is 5.91 Å². The van der Waals surface area contributed by atoms with Gasteiger partial charge in [-0.1, -0.05) is 20.3 Å². The van der Waals surface area contributed by atoms with Gasteiger partial charge < -0.3 is 16.0 Å². The third-order valence-corrected chi connectivity index (χ3v) is 4.60. The summed E-state index contributed by atoms with van der Waals surface area (Å²) in [7, 11) is 0. The van der Waals surface area contributed by atoms with E-state index in [2.05, 4.69) is 37.8 Å². The maximum Gasteiger partial charge on any atom is 0.247 e. The molecule has 0 fully saturated rings. The van der Waals surface area contributed by atoms with Crippen LogP contribution < -0.4 is 16.0 Å². The lowest BCUT2D eigenvalue weighted by Gasteiger charge is -2.30. The number of nitrogens with one attached hydrogen (secondary N) is 3. The molecule has 3 rings (SSSR count). The molecule has 0 aromatic carbocycles. The highest BCUT2D eigenvalue weighted by Gasteiger charge is 2.31. The second-order valence-electron chi connectivity index (χ2n) is 5.36. The molecule has 2 atom stereocenters. The van der Waals surface area contributed by atoms with Crippen molar-refractivity contribution in [3.05, 3.63) is 17.4 Å². The molecular weight excluding hydrogens is 300 g/mol. The number of thiazole rings is 1. The van der Waals surface area contributed by atoms with Gasteiger partial charge in [0.05, 0.1) is 5.69 Å². The van der Waals surface area contributed by atoms with E-state index >= 15 is 0 Å². The molecule has 0 bridgehead atoms. The van der Waals surface area contributed by atoms with Gasteiger partial charge in [-0.2, -0.15) is 0 Å². The van der Waals surface area contributed by atoms with Crippen molar-refractivity contribution in [3.8, 4) is 0 Å². The molecule has 3 heterocycles. The Hall–Kier alpha value is -2.22. The summed E-state index contributed by atoms with van der Waals surface area (Å²) in [5.74, 6) is 1.34. The summed E-state index contributed by atoms with van der Waals surface area (Å²) in [6.07, 6.45) is 2.38. The van der Waals surface area contributed by atoms with E-state index < -0.39 is 0 Å². The molecule has 116 valence electrons. The summed E-state index contributed by atoms with van der Waals surface area (Å²) < 4.78 is 0. The Morgan fingerprint density at radius 2 is 2.27 bits per heavy atom. The van der Waals surface area contributed by atoms with E-state index in [1.165, 1.54) is 17.7 Å². The number of hydrogen-bond acceptors (Lipinski definition) is 7. The molecular formula is C14H18N6OS. The Balaban J connectivity index is 1.89. The number of carbonyl (C=O) groups excluding carboxylic acids is 1. The molecule has 1 aliphatic heterocycles. The Morgan fingerprint density at radius 3 is 2.95 bits per heavy atom. The Morgan fingerprint density at radius 1 is 1.45 bits per heavy atom. The van der Waals surface area contributed by atoms with Crippen molar-refractivity contribution in [3.63, 3.8) is 0 Å². The summed E-state index contributed by atoms with van der Waals surface area (Å²) in [5, 5.41) is 11.9. The number of carbonyl (C=O) groups is 1. The minimum absolute atomic E-state index is 0.0602. The highest BCUT2D eigenvalue weighted by atomic mass is 32.1. The SMILES string of the molecule is CCC(C)C1Nc2ncnc(Nc3nc(C)cs3)c2NC1=O. The third-order valence-electron chi connectivity index (χ3n) is 3.73. The number of fused-ring (bicyclic) bond motifs is 1. The van der Waals surface area contributed by atoms with E-state index in [0.717, 1.165) is 17.2 Å². The number of aromatic nitrogens is 3. The van der Waals surface area contributed by atoms with Crippen LogP contribution in [0.15, 0.2) is 11.7 Å². The molecule has 2 aromatic heterocycles. The van der Waals surface area contributed by atoms with Crippen LogP contribution in [0, 0.1) is 12.8 Å². The molecule has 22 heavy (non-hydrogen) atoms. The number of nitrogens with zero attached hydrogens (tertiary/aromatic N) is 3. The number of rotatable bonds is 4. The predicted octanol–water partition coefficient (Wildman–Crippen LogP) is 2.76. The molecule has 8 heteroatoms. The fourth-order valence-corrected chi connectivity index (χ4v) is 2.96. The van der Waals surface area contributed by atoms with E-state index in [0.29, 0.717) is 17.3 Å². The molecule has 0 radical (unpaired) electrons. The third kappa shape index (κ3) is 2.74. The van der Waals surface area contributed by atoms with Crippen molar-refractivity contribution < 1.29 is 4.79 Å². The molecule has 2 unspecified atom stereocenters. The molecule has 1 amide bonds. The van der Waals surface area contributed by atoms with Crippen LogP contribution in [0.3, 0.4) is 0 Å². The largest absolute Gasteiger partial charge is 0.356 e. The van der Waals surface area contributed by atoms with Crippen LogP contribution in [-0.2, 0) is 4.79 Å². The first-order valence-electron chi connectivity index (χ1n) is 7.20. The van der Waals surface area contributed by atoms with Crippen LogP contribution in [0.25, 0.3) is 0 Å². The van der Waals surface area contributed by atoms with Crippen molar-refractivity contribution in [2.24, 2.45) is 5.92 Å². The van der Waals surface area contributed by atoms with E-state index in [-0.39, 0.29) is 17.9 Å². The minimum atomic E-state index is -0.276. The van der Waals surface area contributed by atoms with E-state index in [1.807, 2.05) is 19.2 Å². The fourth-order valence-electron chi connectivity index (χ4n) is 2.27. The van der Waals surface area contributed by atoms with Crippen molar-refractivity contribution in [1.29, 1.82) is 0 Å². The smallest absolute Gasteiger partial charge is 0.247 e. The Kier molecular flexibility index (Phi) is 3.93. The van der Waals surface area contributed by atoms with Crippen molar-refractivity contribution >= 4 is 39.7 Å². The van der Waals surface area contributed by atoms with Crippen LogP contribution in [0.4, 0.5) is 22.5 Å². The predicted molar refractivity (Wildman–Crippen MR) is 87.7 cm³/mol. The molecule has 0 saturated heterocycles. The van der Waals surface area contributed by atoms with E-state index in [4.69, 9.17) is 0 Å². The average Bonchev–Trinajstić information content (AvgIpc) is 2.92. The van der Waals surface area contributed by atoms with Crippen molar-refractivity contribution in [2.45, 2.75) is 33.2 Å². The number of hydrogen-bond donors (Lipinski definition) is 3. The van der Waals surface area contributed by atoms with Gasteiger partial charge in [-0.15, -0.1) is 11.3 Å². The quantitative estimate of drug-likeness (QED) is 0.803. The summed E-state index contributed by atoms with van der Waals surface area (Å²) in [4.78, 5) is 25.1. The first kappa shape index (κ1) is 14.7. The first-order chi connectivity index (χ1) is 10.6. The summed E-state index contributed by atoms with van der Waals surface area (Å²) in [5.41, 5.74) is 1.51. The number of aryl methyl sites for hydroxylation is 1. The molecule has 0 saturated carbocycles. The van der Waals surface area contributed by atoms with Gasteiger partial charge in [0.15, 0.2) is 16.8 Å². The second kappa shape index (κ2) is 5.88. The van der Waals surface area contributed by atoms with Gasteiger partial charge in [-0.05, 0) is 12.8 Å². The highest BCUT2D eigenvalue weighted by Crippen LogP contribution is 2.34. The van der Waals surface area contributed by atoms with Gasteiger partial charge >= 0.3 is 0 Å². The fraction of sp³-hybridized carbons (Fsp3) is 0.429. The molecule has 1 aliphatic rings. The van der Waals surface area contributed by atoms with Crippen LogP contribution >= 0.6 is 11.3 Å². The Labute approximate surface area is 132 Å². The molecule has 0 aliphatic carbocycles. The van der Waals surface area contributed by atoms with Crippen LogP contribution in [-0.4, -0.2) is 26.9 Å². The van der Waals surface area contributed by atoms with Crippen molar-refractivity contribution in [2.75, 3.05) is 16.0 Å². The van der Waals surface area contributed by atoms with Crippen LogP contribution in [0.1, 0.15) is 26.0 Å². The lowest BCUT2D eigenvalue weighted by atomic mass is 9.97. The van der Waals surface area contributed by atoms with E-state index in [1.54, 1.807) is 0 Å². The number of amides is 1. The maximum absolute atomic E-state index is 12.3. The number of anilines is 4. The lowest BCUT2D eigenvalue weighted by molar-refractivity contribution is -0.118. The Bertz CT molecular complexity index is 700. The summed E-state index contributed by atoms with van der Waals surface area (Å²) in [6.45, 7) is 6.03. The minimum Gasteiger partial charge on any atom is -0.356 e. The maximum atomic E-state index is 12.3. The van der Waals surface area contributed by atoms with Gasteiger partial charge in [-0.3, -0.25) is 4.79 Å². The summed E-state index contributed by atoms with van der Waals surface area (Å²) in [6, 6.07) is -0.276. The summed E-state index contributed by atoms with van der Waals surface area (Å²) >= 11 is 1.49. The van der Waals surface area contributed by atoms with E-state index in [9.17, 15) is 4.79 Å². The van der Waals surface area contributed by atoms with Crippen LogP contribution in [0.5, 0.6) is 0 Å². The normalized spacial score (nSPS) is 18.1. The van der Waals surface area contributed by atoms with Gasteiger partial charge in [0.1, 0.15) is 18.1 Å². The molecule has 3 N–H and O–H groups in total. The average molecular weight is 318 g/mol. The zero-order valence-corrected chi connectivity index (χ0v) is 13.5. The van der Waals surface area contributed by atoms with Gasteiger partial charge in [0, 0.05) is 5.38 Å². The monoisotopic (exact) mass is 318 g/mol. The first-order valence-corrected chi connectivity index (χ1v) is 8.08. The topological polar surface area (TPSA) is 91.8 Å². The molecule has 7 nitrogen and oxygen atoms in total. The van der Waals surface area contributed by atoms with Crippen molar-refractivity contribution in [1.82, 2.24) is 15.0 Å². The standard InChI is InChI=1S/C14H18N6OS/c1-4-7(2)9-13(21)19-10-11(18-9)15-6-16-12(10)20-14-17-8(3)5-22-14/h5-7,9H,4H2,1-3H3,(H,19,21)(H2,15,16,17,18,20). The second-order valence-corrected chi connectivity index (χ2v) is 6.22. The molecule has 0 spiro atoms. The van der Waals surface area contributed by atoms with Gasteiger partial charge in [-0.25, -0.2) is 15.0 Å². The van der Waals surface area contributed by atoms with Crippen LogP contribution in [0.2, 0.25) is 0 Å². The highest BCUT2D eigenvalue weighted by molar-refractivity contribution is 7.13. The molecule has 2 aromatic rings. The van der Waals surface area contributed by atoms with Gasteiger partial charge in [0.25, 0.3) is 0 Å².